The molecule has 0 aliphatic carbocycles. The van der Waals surface area contributed by atoms with Gasteiger partial charge in [-0.1, -0.05) is 0 Å². The van der Waals surface area contributed by atoms with Gasteiger partial charge in [-0.2, -0.15) is 0 Å². The minimum absolute atomic E-state index is 0.145. The van der Waals surface area contributed by atoms with Crippen molar-refractivity contribution < 1.29 is 34.2 Å². The summed E-state index contributed by atoms with van der Waals surface area (Å²) in [5.41, 5.74) is 0. The first-order valence-electron chi connectivity index (χ1n) is 6.01. The van der Waals surface area contributed by atoms with Crippen molar-refractivity contribution in [2.45, 2.75) is 18.9 Å². The zero-order valence-electron chi connectivity index (χ0n) is 11.2. The van der Waals surface area contributed by atoms with Gasteiger partial charge in [-0.05, 0) is 6.42 Å². The number of carboxylic acid groups (broad SMARTS) is 2. The van der Waals surface area contributed by atoms with Crippen molar-refractivity contribution >= 4 is 29.8 Å². The molecule has 1 atom stereocenters. The Labute approximate surface area is 119 Å². The van der Waals surface area contributed by atoms with Gasteiger partial charge >= 0.3 is 18.0 Å². The molecular weight excluding hydrogens is 286 g/mol. The molecule has 10 nitrogen and oxygen atoms in total. The van der Waals surface area contributed by atoms with Gasteiger partial charge in [-0.3, -0.25) is 19.3 Å². The standard InChI is InChI=1S/C11H15N3O7/c1-13-5-8(16)14(11(13)21)4-7(15)12-6(10(19)20)2-3-9(17)18/h6H,2-5H2,1H3,(H,12,15)(H,17,18)(H,19,20). The van der Waals surface area contributed by atoms with E-state index in [0.717, 1.165) is 4.90 Å². The van der Waals surface area contributed by atoms with Crippen molar-refractivity contribution in [2.75, 3.05) is 20.1 Å². The van der Waals surface area contributed by atoms with E-state index in [1.54, 1.807) is 0 Å². The van der Waals surface area contributed by atoms with Crippen LogP contribution in [-0.4, -0.2) is 76.0 Å². The highest BCUT2D eigenvalue weighted by Gasteiger charge is 2.35. The van der Waals surface area contributed by atoms with E-state index in [-0.39, 0.29) is 13.0 Å². The second kappa shape index (κ2) is 6.68. The summed E-state index contributed by atoms with van der Waals surface area (Å²) in [6, 6.07) is -2.04. The lowest BCUT2D eigenvalue weighted by molar-refractivity contribution is -0.143. The number of carboxylic acids is 2. The molecule has 21 heavy (non-hydrogen) atoms. The molecule has 0 aromatic rings. The molecule has 1 unspecified atom stereocenters. The van der Waals surface area contributed by atoms with Gasteiger partial charge in [-0.25, -0.2) is 9.59 Å². The first-order chi connectivity index (χ1) is 9.72. The SMILES string of the molecule is CN1CC(=O)N(CC(=O)NC(CCC(=O)O)C(=O)O)C1=O. The quantitative estimate of drug-likeness (QED) is 0.476. The van der Waals surface area contributed by atoms with E-state index < -0.39 is 48.8 Å². The molecule has 1 fully saturated rings. The molecule has 1 aliphatic rings. The Morgan fingerprint density at radius 1 is 1.29 bits per heavy atom. The lowest BCUT2D eigenvalue weighted by Crippen LogP contribution is -2.47. The lowest BCUT2D eigenvalue weighted by Gasteiger charge is -2.17. The third-order valence-corrected chi connectivity index (χ3v) is 2.81. The number of aliphatic carboxylic acids is 2. The highest BCUT2D eigenvalue weighted by Crippen LogP contribution is 2.07. The molecule has 0 spiro atoms. The minimum Gasteiger partial charge on any atom is -0.481 e. The number of nitrogens with one attached hydrogen (secondary N) is 1. The summed E-state index contributed by atoms with van der Waals surface area (Å²) in [6.07, 6.45) is -0.722. The number of hydrogen-bond acceptors (Lipinski definition) is 5. The molecule has 1 aliphatic heterocycles. The molecule has 1 rings (SSSR count). The van der Waals surface area contributed by atoms with E-state index in [2.05, 4.69) is 5.32 Å². The van der Waals surface area contributed by atoms with Crippen LogP contribution in [0.4, 0.5) is 4.79 Å². The second-order valence-corrected chi connectivity index (χ2v) is 4.51. The summed E-state index contributed by atoms with van der Waals surface area (Å²) in [5, 5.41) is 19.5. The van der Waals surface area contributed by atoms with Gasteiger partial charge in [0.2, 0.25) is 5.91 Å². The number of hydrogen-bond donors (Lipinski definition) is 3. The molecule has 0 bridgehead atoms. The summed E-state index contributed by atoms with van der Waals surface area (Å²) < 4.78 is 0. The van der Waals surface area contributed by atoms with Crippen LogP contribution in [-0.2, 0) is 19.2 Å². The van der Waals surface area contributed by atoms with Crippen molar-refractivity contribution in [3.8, 4) is 0 Å². The van der Waals surface area contributed by atoms with E-state index in [9.17, 15) is 24.0 Å². The molecule has 0 saturated carbocycles. The predicted molar refractivity (Wildman–Crippen MR) is 66.2 cm³/mol. The molecule has 0 aromatic carbocycles. The number of amides is 4. The van der Waals surface area contributed by atoms with E-state index in [1.165, 1.54) is 7.05 Å². The zero-order chi connectivity index (χ0) is 16.2. The molecule has 10 heteroatoms. The molecular formula is C11H15N3O7. The Balaban J connectivity index is 2.58. The Morgan fingerprint density at radius 2 is 1.90 bits per heavy atom. The van der Waals surface area contributed by atoms with Crippen LogP contribution in [0.2, 0.25) is 0 Å². The Morgan fingerprint density at radius 3 is 2.33 bits per heavy atom. The minimum atomic E-state index is -1.39. The highest BCUT2D eigenvalue weighted by atomic mass is 16.4. The number of carbonyl (C=O) groups is 5. The van der Waals surface area contributed by atoms with E-state index >= 15 is 0 Å². The van der Waals surface area contributed by atoms with Crippen molar-refractivity contribution in [2.24, 2.45) is 0 Å². The number of carbonyl (C=O) groups excluding carboxylic acids is 3. The van der Waals surface area contributed by atoms with Crippen LogP contribution in [0.1, 0.15) is 12.8 Å². The van der Waals surface area contributed by atoms with Gasteiger partial charge in [0, 0.05) is 13.5 Å². The average Bonchev–Trinajstić information content (AvgIpc) is 2.60. The third kappa shape index (κ3) is 4.44. The number of likely N-dealkylation sites (N-methyl/N-ethyl adjacent to an activating group) is 1. The monoisotopic (exact) mass is 301 g/mol. The van der Waals surface area contributed by atoms with E-state index in [0.29, 0.717) is 4.90 Å². The van der Waals surface area contributed by atoms with Crippen molar-refractivity contribution in [1.29, 1.82) is 0 Å². The zero-order valence-corrected chi connectivity index (χ0v) is 11.2. The van der Waals surface area contributed by atoms with Crippen LogP contribution >= 0.6 is 0 Å². The summed E-state index contributed by atoms with van der Waals surface area (Å²) in [5.74, 6) is -3.98. The van der Waals surface area contributed by atoms with Crippen LogP contribution < -0.4 is 5.32 Å². The van der Waals surface area contributed by atoms with Crippen LogP contribution in [0.3, 0.4) is 0 Å². The average molecular weight is 301 g/mol. The molecule has 1 saturated heterocycles. The second-order valence-electron chi connectivity index (χ2n) is 4.51. The lowest BCUT2D eigenvalue weighted by atomic mass is 10.1. The third-order valence-electron chi connectivity index (χ3n) is 2.81. The maximum Gasteiger partial charge on any atom is 0.327 e. The Bertz CT molecular complexity index is 490. The fourth-order valence-corrected chi connectivity index (χ4v) is 1.73. The van der Waals surface area contributed by atoms with Gasteiger partial charge in [0.05, 0.1) is 0 Å². The highest BCUT2D eigenvalue weighted by molar-refractivity contribution is 6.04. The molecule has 3 N–H and O–H groups in total. The van der Waals surface area contributed by atoms with Crippen molar-refractivity contribution in [1.82, 2.24) is 15.1 Å². The van der Waals surface area contributed by atoms with Crippen LogP contribution in [0, 0.1) is 0 Å². The van der Waals surface area contributed by atoms with Crippen molar-refractivity contribution in [3.05, 3.63) is 0 Å². The van der Waals surface area contributed by atoms with Crippen LogP contribution in [0.15, 0.2) is 0 Å². The normalized spacial score (nSPS) is 16.0. The van der Waals surface area contributed by atoms with Gasteiger partial charge < -0.3 is 20.4 Å². The number of nitrogens with zero attached hydrogens (tertiary/aromatic N) is 2. The van der Waals surface area contributed by atoms with Gasteiger partial charge in [0.1, 0.15) is 19.1 Å². The number of rotatable bonds is 7. The smallest absolute Gasteiger partial charge is 0.327 e. The predicted octanol–water partition coefficient (Wildman–Crippen LogP) is -1.69. The molecule has 0 radical (unpaired) electrons. The summed E-state index contributed by atoms with van der Waals surface area (Å²) in [7, 11) is 1.39. The fourth-order valence-electron chi connectivity index (χ4n) is 1.73. The molecule has 4 amide bonds. The maximum absolute atomic E-state index is 11.7. The molecule has 116 valence electrons. The Kier molecular flexibility index (Phi) is 5.22. The first-order valence-corrected chi connectivity index (χ1v) is 6.01. The van der Waals surface area contributed by atoms with E-state index in [1.807, 2.05) is 0 Å². The van der Waals surface area contributed by atoms with Crippen LogP contribution in [0.5, 0.6) is 0 Å². The van der Waals surface area contributed by atoms with Gasteiger partial charge in [-0.15, -0.1) is 0 Å². The summed E-state index contributed by atoms with van der Waals surface area (Å²) in [6.45, 7) is -0.744. The molecule has 1 heterocycles. The number of imide groups is 1. The van der Waals surface area contributed by atoms with Gasteiger partial charge in [0.15, 0.2) is 0 Å². The maximum atomic E-state index is 11.7. The summed E-state index contributed by atoms with van der Waals surface area (Å²) in [4.78, 5) is 57.8. The number of urea groups is 1. The fraction of sp³-hybridized carbons (Fsp3) is 0.545. The van der Waals surface area contributed by atoms with E-state index in [4.69, 9.17) is 10.2 Å². The van der Waals surface area contributed by atoms with Crippen LogP contribution in [0.25, 0.3) is 0 Å². The van der Waals surface area contributed by atoms with Gasteiger partial charge in [0.25, 0.3) is 5.91 Å². The van der Waals surface area contributed by atoms with Crippen molar-refractivity contribution in [3.63, 3.8) is 0 Å². The largest absolute Gasteiger partial charge is 0.481 e. The molecule has 0 aromatic heterocycles. The Hall–Kier alpha value is -2.65. The topological polar surface area (TPSA) is 144 Å². The first kappa shape index (κ1) is 16.4. The summed E-state index contributed by atoms with van der Waals surface area (Å²) >= 11 is 0.